The van der Waals surface area contributed by atoms with E-state index in [4.69, 9.17) is 20.1 Å². The molecule has 0 aliphatic heterocycles. The summed E-state index contributed by atoms with van der Waals surface area (Å²) >= 11 is 0. The average Bonchev–Trinajstić information content (AvgIpc) is 2.52. The summed E-state index contributed by atoms with van der Waals surface area (Å²) in [5.74, 6) is 2.89. The number of allylic oxidation sites excluding steroid dienone is 2. The average molecular weight is 356 g/mol. The maximum absolute atomic E-state index is 11.9. The van der Waals surface area contributed by atoms with Gasteiger partial charge in [-0.05, 0) is 40.2 Å². The lowest BCUT2D eigenvalue weighted by Gasteiger charge is -2.32. The highest BCUT2D eigenvalue weighted by atomic mass is 16.7. The van der Waals surface area contributed by atoms with Crippen LogP contribution in [0.4, 0.5) is 0 Å². The van der Waals surface area contributed by atoms with E-state index in [1.54, 1.807) is 39.8 Å². The monoisotopic (exact) mass is 356 g/mol. The normalized spacial score (nSPS) is 22.8. The molecule has 0 spiro atoms. The number of esters is 2. The van der Waals surface area contributed by atoms with Gasteiger partial charge in [0, 0.05) is 6.42 Å². The van der Waals surface area contributed by atoms with Crippen LogP contribution in [-0.2, 0) is 23.8 Å². The molecule has 8 nitrogen and oxygen atoms in total. The Hall–Kier alpha value is -1.74. The van der Waals surface area contributed by atoms with E-state index in [0.717, 1.165) is 5.57 Å². The van der Waals surface area contributed by atoms with Crippen LogP contribution in [0.1, 0.15) is 40.5 Å². The van der Waals surface area contributed by atoms with Crippen molar-refractivity contribution in [2.24, 2.45) is 11.3 Å². The van der Waals surface area contributed by atoms with Crippen LogP contribution in [0.15, 0.2) is 23.8 Å². The number of hydrogen-bond donors (Lipinski definition) is 3. The highest BCUT2D eigenvalue weighted by molar-refractivity contribution is 5.80. The Morgan fingerprint density at radius 2 is 1.96 bits per heavy atom. The summed E-state index contributed by atoms with van der Waals surface area (Å²) < 4.78 is 15.1. The molecule has 1 aliphatic rings. The van der Waals surface area contributed by atoms with Crippen molar-refractivity contribution in [3.63, 3.8) is 0 Å². The smallest absolute Gasteiger partial charge is 0.327 e. The highest BCUT2D eigenvalue weighted by Gasteiger charge is 2.37. The molecule has 8 heteroatoms. The van der Waals surface area contributed by atoms with E-state index in [-0.39, 0.29) is 19.6 Å². The fourth-order valence-electron chi connectivity index (χ4n) is 2.26. The molecule has 25 heavy (non-hydrogen) atoms. The fourth-order valence-corrected chi connectivity index (χ4v) is 2.26. The second-order valence-corrected chi connectivity index (χ2v) is 7.29. The number of methoxy groups -OCH3 is 1. The first-order valence-corrected chi connectivity index (χ1v) is 7.93. The molecular weight excluding hydrogens is 328 g/mol. The van der Waals surface area contributed by atoms with Gasteiger partial charge in [-0.2, -0.15) is 0 Å². The molecule has 0 aromatic carbocycles. The molecule has 0 radical (unpaired) electrons. The minimum Gasteiger partial charge on any atom is -0.468 e. The Bertz CT molecular complexity index is 566. The Kier molecular flexibility index (Phi) is 6.90. The number of hydrazine groups is 1. The van der Waals surface area contributed by atoms with Crippen LogP contribution in [-0.4, -0.2) is 42.3 Å². The molecule has 0 aromatic heterocycles. The highest BCUT2D eigenvalue weighted by Crippen LogP contribution is 2.30. The number of aliphatic hydroxyl groups is 1. The molecule has 0 bridgehead atoms. The summed E-state index contributed by atoms with van der Waals surface area (Å²) in [7, 11) is 1.27. The van der Waals surface area contributed by atoms with Crippen molar-refractivity contribution in [3.05, 3.63) is 23.8 Å². The molecule has 0 heterocycles. The standard InChI is InChI=1S/C17H28N2O6/c1-15(2,3)13(20)24-11-25-17(22)8-6-7-12(10-17)9-16(4,19-18)14(21)23-5/h6-8,19,22H,9-11,18H2,1-5H3. The molecule has 0 saturated heterocycles. The molecule has 1 rings (SSSR count). The van der Waals surface area contributed by atoms with Gasteiger partial charge in [0.1, 0.15) is 5.54 Å². The number of ether oxygens (including phenoxy) is 3. The van der Waals surface area contributed by atoms with E-state index < -0.39 is 28.7 Å². The van der Waals surface area contributed by atoms with Crippen LogP contribution in [0.3, 0.4) is 0 Å². The Morgan fingerprint density at radius 1 is 1.32 bits per heavy atom. The second kappa shape index (κ2) is 8.09. The van der Waals surface area contributed by atoms with Gasteiger partial charge < -0.3 is 19.3 Å². The van der Waals surface area contributed by atoms with E-state index in [2.05, 4.69) is 5.43 Å². The topological polar surface area (TPSA) is 120 Å². The molecule has 0 fully saturated rings. The molecule has 2 atom stereocenters. The van der Waals surface area contributed by atoms with Crippen molar-refractivity contribution in [2.75, 3.05) is 13.9 Å². The lowest BCUT2D eigenvalue weighted by atomic mass is 9.87. The molecule has 2 unspecified atom stereocenters. The molecule has 142 valence electrons. The first-order chi connectivity index (χ1) is 11.5. The van der Waals surface area contributed by atoms with Crippen molar-refractivity contribution in [3.8, 4) is 0 Å². The summed E-state index contributed by atoms with van der Waals surface area (Å²) in [5.41, 5.74) is 1.38. The number of nitrogens with one attached hydrogen (secondary N) is 1. The number of carbonyl (C=O) groups is 2. The van der Waals surface area contributed by atoms with E-state index in [9.17, 15) is 14.7 Å². The van der Waals surface area contributed by atoms with Crippen LogP contribution in [0.5, 0.6) is 0 Å². The van der Waals surface area contributed by atoms with E-state index in [1.807, 2.05) is 0 Å². The SMILES string of the molecule is COC(=O)C(C)(CC1=CC=CC(O)(OCOC(=O)C(C)(C)C)C1)NN. The summed E-state index contributed by atoms with van der Waals surface area (Å²) in [6.07, 6.45) is 5.14. The number of carbonyl (C=O) groups excluding carboxylic acids is 2. The second-order valence-electron chi connectivity index (χ2n) is 7.29. The lowest BCUT2D eigenvalue weighted by molar-refractivity contribution is -0.222. The minimum atomic E-state index is -1.63. The van der Waals surface area contributed by atoms with Gasteiger partial charge in [0.25, 0.3) is 0 Å². The van der Waals surface area contributed by atoms with Gasteiger partial charge in [0.15, 0.2) is 12.6 Å². The molecule has 0 amide bonds. The van der Waals surface area contributed by atoms with Crippen molar-refractivity contribution in [2.45, 2.75) is 51.9 Å². The zero-order valence-corrected chi connectivity index (χ0v) is 15.4. The van der Waals surface area contributed by atoms with Crippen molar-refractivity contribution in [1.29, 1.82) is 0 Å². The van der Waals surface area contributed by atoms with Crippen molar-refractivity contribution >= 4 is 11.9 Å². The van der Waals surface area contributed by atoms with Crippen LogP contribution in [0.25, 0.3) is 0 Å². The van der Waals surface area contributed by atoms with Crippen molar-refractivity contribution < 1.29 is 28.9 Å². The lowest BCUT2D eigenvalue weighted by Crippen LogP contribution is -2.54. The zero-order valence-electron chi connectivity index (χ0n) is 15.4. The van der Waals surface area contributed by atoms with Gasteiger partial charge in [-0.3, -0.25) is 15.4 Å². The Labute approximate surface area is 148 Å². The number of hydrogen-bond acceptors (Lipinski definition) is 8. The summed E-state index contributed by atoms with van der Waals surface area (Å²) in [5, 5.41) is 10.5. The maximum atomic E-state index is 11.9. The fraction of sp³-hybridized carbons (Fsp3) is 0.647. The van der Waals surface area contributed by atoms with Gasteiger partial charge in [0.05, 0.1) is 12.5 Å². The minimum absolute atomic E-state index is 0.102. The van der Waals surface area contributed by atoms with Crippen LogP contribution in [0.2, 0.25) is 0 Å². The number of nitrogens with two attached hydrogens (primary N) is 1. The van der Waals surface area contributed by atoms with Gasteiger partial charge in [-0.25, -0.2) is 5.43 Å². The van der Waals surface area contributed by atoms with Gasteiger partial charge >= 0.3 is 11.9 Å². The summed E-state index contributed by atoms with van der Waals surface area (Å²) in [6, 6.07) is 0. The molecule has 0 saturated carbocycles. The zero-order chi connectivity index (χ0) is 19.3. The first kappa shape index (κ1) is 21.3. The maximum Gasteiger partial charge on any atom is 0.327 e. The predicted molar refractivity (Wildman–Crippen MR) is 90.6 cm³/mol. The first-order valence-electron chi connectivity index (χ1n) is 7.93. The largest absolute Gasteiger partial charge is 0.468 e. The molecule has 4 N–H and O–H groups in total. The van der Waals surface area contributed by atoms with Crippen LogP contribution >= 0.6 is 0 Å². The number of rotatable bonds is 7. The Morgan fingerprint density at radius 3 is 2.48 bits per heavy atom. The molecular formula is C17H28N2O6. The van der Waals surface area contributed by atoms with Gasteiger partial charge in [0.2, 0.25) is 0 Å². The predicted octanol–water partition coefficient (Wildman–Crippen LogP) is 0.910. The third-order valence-electron chi connectivity index (χ3n) is 3.82. The quantitative estimate of drug-likeness (QED) is 0.266. The summed E-state index contributed by atoms with van der Waals surface area (Å²) in [6.45, 7) is 6.38. The van der Waals surface area contributed by atoms with Gasteiger partial charge in [-0.1, -0.05) is 17.7 Å². The van der Waals surface area contributed by atoms with Crippen LogP contribution < -0.4 is 11.3 Å². The third-order valence-corrected chi connectivity index (χ3v) is 3.82. The van der Waals surface area contributed by atoms with Gasteiger partial charge in [-0.15, -0.1) is 0 Å². The third kappa shape index (κ3) is 5.93. The van der Waals surface area contributed by atoms with E-state index in [0.29, 0.717) is 0 Å². The van der Waals surface area contributed by atoms with E-state index >= 15 is 0 Å². The van der Waals surface area contributed by atoms with Crippen molar-refractivity contribution in [1.82, 2.24) is 5.43 Å². The molecule has 1 aliphatic carbocycles. The summed E-state index contributed by atoms with van der Waals surface area (Å²) in [4.78, 5) is 23.6. The van der Waals surface area contributed by atoms with E-state index in [1.165, 1.54) is 13.2 Å². The Balaban J connectivity index is 2.67. The van der Waals surface area contributed by atoms with Crippen LogP contribution in [0, 0.1) is 5.41 Å². The molecule has 0 aromatic rings.